The predicted octanol–water partition coefficient (Wildman–Crippen LogP) is 0.834. The fraction of sp³-hybridized carbons (Fsp3) is 0.556. The Labute approximate surface area is 87.8 Å². The lowest BCUT2D eigenvalue weighted by Crippen LogP contribution is -2.17. The van der Waals surface area contributed by atoms with Gasteiger partial charge in [0, 0.05) is 19.2 Å². The number of rotatable bonds is 6. The van der Waals surface area contributed by atoms with E-state index in [9.17, 15) is 0 Å². The summed E-state index contributed by atoms with van der Waals surface area (Å²) in [5.74, 6) is 5.64. The van der Waals surface area contributed by atoms with Gasteiger partial charge in [-0.15, -0.1) is 18.2 Å². The summed E-state index contributed by atoms with van der Waals surface area (Å²) < 4.78 is 4.83. The Kier molecular flexibility index (Phi) is 5.12. The number of thioether (sulfide) groups is 1. The molecule has 1 heterocycles. The Balaban J connectivity index is 2.02. The van der Waals surface area contributed by atoms with Crippen molar-refractivity contribution < 1.29 is 4.52 Å². The molecule has 0 radical (unpaired) electrons. The molecule has 0 saturated heterocycles. The minimum absolute atomic E-state index is 0.600. The van der Waals surface area contributed by atoms with Gasteiger partial charge >= 0.3 is 0 Å². The molecule has 0 aromatic carbocycles. The summed E-state index contributed by atoms with van der Waals surface area (Å²) in [6.07, 6.45) is 5.11. The number of nitrogens with one attached hydrogen (secondary N) is 1. The van der Waals surface area contributed by atoms with E-state index in [1.165, 1.54) is 0 Å². The van der Waals surface area contributed by atoms with E-state index in [1.807, 2.05) is 0 Å². The fourth-order valence-corrected chi connectivity index (χ4v) is 1.44. The molecule has 0 aliphatic heterocycles. The second-order valence-corrected chi connectivity index (χ2v) is 3.77. The Bertz CT molecular complexity index is 305. The zero-order valence-electron chi connectivity index (χ0n) is 8.12. The van der Waals surface area contributed by atoms with Crippen LogP contribution in [-0.2, 0) is 6.54 Å². The van der Waals surface area contributed by atoms with Gasteiger partial charge in [-0.3, -0.25) is 0 Å². The molecule has 0 spiro atoms. The first-order chi connectivity index (χ1) is 6.83. The van der Waals surface area contributed by atoms with Crippen LogP contribution in [0.5, 0.6) is 0 Å². The Hall–Kier alpha value is -0.990. The maximum absolute atomic E-state index is 5.11. The van der Waals surface area contributed by atoms with Crippen molar-refractivity contribution in [2.75, 3.05) is 18.1 Å². The first kappa shape index (κ1) is 11.1. The van der Waals surface area contributed by atoms with Crippen molar-refractivity contribution in [1.82, 2.24) is 15.5 Å². The average Bonchev–Trinajstić information content (AvgIpc) is 2.58. The molecule has 0 aliphatic rings. The molecule has 0 fully saturated rings. The highest BCUT2D eigenvalue weighted by molar-refractivity contribution is 7.99. The lowest BCUT2D eigenvalue weighted by Gasteiger charge is -1.99. The predicted molar refractivity (Wildman–Crippen MR) is 56.9 cm³/mol. The normalized spacial score (nSPS) is 10.0. The first-order valence-electron chi connectivity index (χ1n) is 4.34. The summed E-state index contributed by atoms with van der Waals surface area (Å²) >= 11 is 1.73. The molecule has 0 aliphatic carbocycles. The van der Waals surface area contributed by atoms with Gasteiger partial charge in [-0.05, 0) is 0 Å². The van der Waals surface area contributed by atoms with Gasteiger partial charge in [0.25, 0.3) is 0 Å². The van der Waals surface area contributed by atoms with Crippen LogP contribution in [0.25, 0.3) is 0 Å². The molecule has 5 heteroatoms. The van der Waals surface area contributed by atoms with E-state index in [1.54, 1.807) is 18.7 Å². The lowest BCUT2D eigenvalue weighted by molar-refractivity contribution is 0.386. The van der Waals surface area contributed by atoms with Crippen LogP contribution in [0, 0.1) is 19.3 Å². The molecule has 0 atom stereocenters. The van der Waals surface area contributed by atoms with Gasteiger partial charge in [0.15, 0.2) is 5.82 Å². The molecule has 0 bridgehead atoms. The van der Waals surface area contributed by atoms with E-state index in [4.69, 9.17) is 10.9 Å². The van der Waals surface area contributed by atoms with E-state index < -0.39 is 0 Å². The summed E-state index contributed by atoms with van der Waals surface area (Å²) in [5.41, 5.74) is 0. The van der Waals surface area contributed by atoms with E-state index >= 15 is 0 Å². The molecule has 1 aromatic rings. The Morgan fingerprint density at radius 1 is 1.64 bits per heavy atom. The number of nitrogens with zero attached hydrogens (tertiary/aromatic N) is 2. The van der Waals surface area contributed by atoms with Crippen LogP contribution < -0.4 is 5.32 Å². The standard InChI is InChI=1S/C9H13N3OS/c1-3-5-14-6-4-10-7-9-11-8(2)13-12-9/h1,10H,4-7H2,2H3. The molecule has 1 aromatic heterocycles. The van der Waals surface area contributed by atoms with Crippen LogP contribution in [0.2, 0.25) is 0 Å². The van der Waals surface area contributed by atoms with E-state index in [2.05, 4.69) is 21.4 Å². The minimum atomic E-state index is 0.600. The number of hydrogen-bond acceptors (Lipinski definition) is 5. The second kappa shape index (κ2) is 6.46. The first-order valence-corrected chi connectivity index (χ1v) is 5.49. The molecule has 1 rings (SSSR count). The average molecular weight is 211 g/mol. The van der Waals surface area contributed by atoms with Crippen LogP contribution in [0.1, 0.15) is 11.7 Å². The maximum atomic E-state index is 5.11. The molecular weight excluding hydrogens is 198 g/mol. The third-order valence-electron chi connectivity index (χ3n) is 1.46. The molecule has 14 heavy (non-hydrogen) atoms. The number of aryl methyl sites for hydroxylation is 1. The van der Waals surface area contributed by atoms with Crippen molar-refractivity contribution in [2.45, 2.75) is 13.5 Å². The smallest absolute Gasteiger partial charge is 0.223 e. The van der Waals surface area contributed by atoms with E-state index in [-0.39, 0.29) is 0 Å². The fourth-order valence-electron chi connectivity index (χ4n) is 0.889. The van der Waals surface area contributed by atoms with Gasteiger partial charge in [0.05, 0.1) is 12.3 Å². The molecule has 76 valence electrons. The maximum Gasteiger partial charge on any atom is 0.223 e. The van der Waals surface area contributed by atoms with Gasteiger partial charge in [0.2, 0.25) is 5.89 Å². The van der Waals surface area contributed by atoms with Gasteiger partial charge < -0.3 is 9.84 Å². The zero-order chi connectivity index (χ0) is 10.2. The molecular formula is C9H13N3OS. The van der Waals surface area contributed by atoms with Gasteiger partial charge in [-0.2, -0.15) is 4.98 Å². The Morgan fingerprint density at radius 2 is 2.50 bits per heavy atom. The summed E-state index contributed by atoms with van der Waals surface area (Å²) in [6, 6.07) is 0. The van der Waals surface area contributed by atoms with Gasteiger partial charge in [-0.25, -0.2) is 0 Å². The molecule has 1 N–H and O–H groups in total. The van der Waals surface area contributed by atoms with Crippen LogP contribution >= 0.6 is 11.8 Å². The monoisotopic (exact) mass is 211 g/mol. The SMILES string of the molecule is C#CCSCCNCc1noc(C)n1. The summed E-state index contributed by atoms with van der Waals surface area (Å²) in [4.78, 5) is 4.07. The highest BCUT2D eigenvalue weighted by Crippen LogP contribution is 1.97. The van der Waals surface area contributed by atoms with E-state index in [0.717, 1.165) is 18.1 Å². The van der Waals surface area contributed by atoms with Crippen molar-refractivity contribution in [1.29, 1.82) is 0 Å². The van der Waals surface area contributed by atoms with Crippen molar-refractivity contribution in [2.24, 2.45) is 0 Å². The number of hydrogen-bond donors (Lipinski definition) is 1. The van der Waals surface area contributed by atoms with Crippen LogP contribution in [0.3, 0.4) is 0 Å². The lowest BCUT2D eigenvalue weighted by atomic mass is 10.6. The molecule has 0 saturated carbocycles. The molecule has 0 unspecified atom stereocenters. The summed E-state index contributed by atoms with van der Waals surface area (Å²) in [6.45, 7) is 3.33. The van der Waals surface area contributed by atoms with Crippen LogP contribution in [-0.4, -0.2) is 28.2 Å². The van der Waals surface area contributed by atoms with Crippen LogP contribution in [0.4, 0.5) is 0 Å². The van der Waals surface area contributed by atoms with Crippen molar-refractivity contribution in [3.63, 3.8) is 0 Å². The Morgan fingerprint density at radius 3 is 3.14 bits per heavy atom. The molecule has 0 amide bonds. The third kappa shape index (κ3) is 4.30. The summed E-state index contributed by atoms with van der Waals surface area (Å²) in [5, 5.41) is 6.96. The van der Waals surface area contributed by atoms with Crippen molar-refractivity contribution in [3.8, 4) is 12.3 Å². The summed E-state index contributed by atoms with van der Waals surface area (Å²) in [7, 11) is 0. The van der Waals surface area contributed by atoms with Gasteiger partial charge in [0.1, 0.15) is 0 Å². The second-order valence-electron chi connectivity index (χ2n) is 2.66. The van der Waals surface area contributed by atoms with Crippen molar-refractivity contribution in [3.05, 3.63) is 11.7 Å². The largest absolute Gasteiger partial charge is 0.340 e. The topological polar surface area (TPSA) is 51.0 Å². The zero-order valence-corrected chi connectivity index (χ0v) is 8.93. The third-order valence-corrected chi connectivity index (χ3v) is 2.32. The van der Waals surface area contributed by atoms with E-state index in [0.29, 0.717) is 18.3 Å². The van der Waals surface area contributed by atoms with Crippen LogP contribution in [0.15, 0.2) is 4.52 Å². The highest BCUT2D eigenvalue weighted by atomic mass is 32.2. The van der Waals surface area contributed by atoms with Crippen molar-refractivity contribution >= 4 is 11.8 Å². The minimum Gasteiger partial charge on any atom is -0.340 e. The number of terminal acetylenes is 1. The van der Waals surface area contributed by atoms with Gasteiger partial charge in [-0.1, -0.05) is 11.1 Å². The highest BCUT2D eigenvalue weighted by Gasteiger charge is 1.99. The molecule has 4 nitrogen and oxygen atoms in total. The quantitative estimate of drug-likeness (QED) is 0.558. The number of aromatic nitrogens is 2.